The first-order valence-electron chi connectivity index (χ1n) is 5.80. The van der Waals surface area contributed by atoms with Crippen molar-refractivity contribution in [3.63, 3.8) is 0 Å². The number of nitrogens with one attached hydrogen (secondary N) is 1. The second-order valence-electron chi connectivity index (χ2n) is 4.02. The quantitative estimate of drug-likeness (QED) is 0.838. The molecule has 1 aromatic heterocycles. The third-order valence-electron chi connectivity index (χ3n) is 2.73. The fourth-order valence-electron chi connectivity index (χ4n) is 1.72. The largest absolute Gasteiger partial charge is 0.381 e. The Balaban J connectivity index is 2.07. The first kappa shape index (κ1) is 14.0. The van der Waals surface area contributed by atoms with E-state index in [1.54, 1.807) is 35.9 Å². The molecule has 0 aliphatic rings. The Morgan fingerprint density at radius 3 is 2.89 bits per heavy atom. The van der Waals surface area contributed by atoms with Crippen LogP contribution >= 0.6 is 22.6 Å². The minimum absolute atomic E-state index is 0.0663. The Labute approximate surface area is 123 Å². The van der Waals surface area contributed by atoms with Gasteiger partial charge in [-0.2, -0.15) is 0 Å². The van der Waals surface area contributed by atoms with Gasteiger partial charge in [-0.15, -0.1) is 0 Å². The summed E-state index contributed by atoms with van der Waals surface area (Å²) < 4.78 is 15.6. The molecule has 0 bridgehead atoms. The monoisotopic (exact) mass is 373 g/mol. The molecule has 19 heavy (non-hydrogen) atoms. The normalized spacial score (nSPS) is 10.5. The molecule has 0 fully saturated rings. The summed E-state index contributed by atoms with van der Waals surface area (Å²) in [7, 11) is 0. The van der Waals surface area contributed by atoms with E-state index in [9.17, 15) is 9.18 Å². The summed E-state index contributed by atoms with van der Waals surface area (Å²) in [4.78, 5) is 16.0. The van der Waals surface area contributed by atoms with Crippen LogP contribution in [0.25, 0.3) is 0 Å². The minimum atomic E-state index is -0.299. The number of anilines is 1. The van der Waals surface area contributed by atoms with Crippen molar-refractivity contribution in [1.29, 1.82) is 0 Å². The summed E-state index contributed by atoms with van der Waals surface area (Å²) >= 11 is 1.96. The van der Waals surface area contributed by atoms with Crippen molar-refractivity contribution in [3.05, 3.63) is 56.0 Å². The predicted molar refractivity (Wildman–Crippen MR) is 80.8 cm³/mol. The maximum atomic E-state index is 13.4. The van der Waals surface area contributed by atoms with Gasteiger partial charge in [0.25, 0.3) is 5.56 Å². The minimum Gasteiger partial charge on any atom is -0.381 e. The van der Waals surface area contributed by atoms with Crippen LogP contribution < -0.4 is 10.9 Å². The highest BCUT2D eigenvalue weighted by Crippen LogP contribution is 2.11. The maximum Gasteiger partial charge on any atom is 0.266 e. The number of aromatic nitrogens is 2. The van der Waals surface area contributed by atoms with E-state index in [0.29, 0.717) is 28.2 Å². The average Bonchev–Trinajstić information content (AvgIpc) is 2.40. The first-order valence-corrected chi connectivity index (χ1v) is 6.88. The maximum absolute atomic E-state index is 13.4. The van der Waals surface area contributed by atoms with Crippen LogP contribution in [0.1, 0.15) is 5.82 Å². The molecule has 0 aliphatic carbocycles. The van der Waals surface area contributed by atoms with Crippen LogP contribution in [-0.4, -0.2) is 16.1 Å². The molecule has 0 saturated carbocycles. The molecule has 6 heteroatoms. The SMILES string of the molecule is Cc1ncc(I)c(=O)n1CCNc1ccccc1F. The molecule has 0 amide bonds. The number of aryl methyl sites for hydroxylation is 1. The third-order valence-corrected chi connectivity index (χ3v) is 3.47. The van der Waals surface area contributed by atoms with E-state index in [1.807, 2.05) is 22.6 Å². The van der Waals surface area contributed by atoms with Gasteiger partial charge in [0.2, 0.25) is 0 Å². The molecule has 1 N–H and O–H groups in total. The summed E-state index contributed by atoms with van der Waals surface area (Å²) in [5.74, 6) is 0.355. The van der Waals surface area contributed by atoms with E-state index >= 15 is 0 Å². The smallest absolute Gasteiger partial charge is 0.266 e. The van der Waals surface area contributed by atoms with E-state index in [4.69, 9.17) is 0 Å². The van der Waals surface area contributed by atoms with Crippen LogP contribution in [0.4, 0.5) is 10.1 Å². The van der Waals surface area contributed by atoms with Crippen molar-refractivity contribution in [1.82, 2.24) is 9.55 Å². The molecule has 1 aromatic carbocycles. The molecule has 0 unspecified atom stereocenters. The van der Waals surface area contributed by atoms with Gasteiger partial charge in [-0.3, -0.25) is 9.36 Å². The number of rotatable bonds is 4. The fraction of sp³-hybridized carbons (Fsp3) is 0.231. The summed E-state index contributed by atoms with van der Waals surface area (Å²) in [6.07, 6.45) is 1.55. The standard InChI is InChI=1S/C13H13FIN3O/c1-9-17-8-11(15)13(19)18(9)7-6-16-12-5-3-2-4-10(12)14/h2-5,8,16H,6-7H2,1H3. The Morgan fingerprint density at radius 2 is 2.16 bits per heavy atom. The Bertz CT molecular complexity index is 642. The van der Waals surface area contributed by atoms with Crippen LogP contribution in [-0.2, 0) is 6.54 Å². The van der Waals surface area contributed by atoms with Crippen molar-refractivity contribution < 1.29 is 4.39 Å². The second kappa shape index (κ2) is 6.14. The summed E-state index contributed by atoms with van der Waals surface area (Å²) in [6.45, 7) is 2.69. The number of hydrogen-bond acceptors (Lipinski definition) is 3. The van der Waals surface area contributed by atoms with Gasteiger partial charge < -0.3 is 5.32 Å². The molecule has 0 atom stereocenters. The summed E-state index contributed by atoms with van der Waals surface area (Å²) in [5.41, 5.74) is 0.371. The van der Waals surface area contributed by atoms with Crippen molar-refractivity contribution in [2.45, 2.75) is 13.5 Å². The molecule has 0 aliphatic heterocycles. The summed E-state index contributed by atoms with van der Waals surface area (Å²) in [5, 5.41) is 2.97. The molecule has 2 rings (SSSR count). The molecule has 0 spiro atoms. The van der Waals surface area contributed by atoms with Crippen LogP contribution in [0.5, 0.6) is 0 Å². The van der Waals surface area contributed by atoms with Crippen molar-refractivity contribution in [2.24, 2.45) is 0 Å². The van der Waals surface area contributed by atoms with Gasteiger partial charge in [0, 0.05) is 19.3 Å². The van der Waals surface area contributed by atoms with E-state index in [0.717, 1.165) is 0 Å². The first-order chi connectivity index (χ1) is 9.09. The predicted octanol–water partition coefficient (Wildman–Crippen LogP) is 2.41. The number of nitrogens with zero attached hydrogens (tertiary/aromatic N) is 2. The van der Waals surface area contributed by atoms with Gasteiger partial charge >= 0.3 is 0 Å². The van der Waals surface area contributed by atoms with Crippen LogP contribution in [0.2, 0.25) is 0 Å². The lowest BCUT2D eigenvalue weighted by atomic mass is 10.3. The van der Waals surface area contributed by atoms with Crippen molar-refractivity contribution in [2.75, 3.05) is 11.9 Å². The van der Waals surface area contributed by atoms with E-state index in [-0.39, 0.29) is 11.4 Å². The van der Waals surface area contributed by atoms with Crippen molar-refractivity contribution in [3.8, 4) is 0 Å². The molecule has 4 nitrogen and oxygen atoms in total. The van der Waals surface area contributed by atoms with Gasteiger partial charge in [0.1, 0.15) is 11.6 Å². The number of benzene rings is 1. The highest BCUT2D eigenvalue weighted by molar-refractivity contribution is 14.1. The Hall–Kier alpha value is -1.44. The zero-order valence-corrected chi connectivity index (χ0v) is 12.5. The zero-order valence-electron chi connectivity index (χ0n) is 10.4. The topological polar surface area (TPSA) is 46.9 Å². The lowest BCUT2D eigenvalue weighted by Crippen LogP contribution is -2.28. The van der Waals surface area contributed by atoms with Gasteiger partial charge in [-0.25, -0.2) is 9.37 Å². The fourth-order valence-corrected chi connectivity index (χ4v) is 2.15. The second-order valence-corrected chi connectivity index (χ2v) is 5.18. The van der Waals surface area contributed by atoms with Gasteiger partial charge in [-0.1, -0.05) is 12.1 Å². The molecule has 1 heterocycles. The molecular formula is C13H13FIN3O. The average molecular weight is 373 g/mol. The van der Waals surface area contributed by atoms with Crippen LogP contribution in [0.3, 0.4) is 0 Å². The zero-order chi connectivity index (χ0) is 13.8. The number of para-hydroxylation sites is 1. The highest BCUT2D eigenvalue weighted by Gasteiger charge is 2.05. The van der Waals surface area contributed by atoms with Crippen LogP contribution in [0, 0.1) is 16.3 Å². The van der Waals surface area contributed by atoms with E-state index in [2.05, 4.69) is 10.3 Å². The van der Waals surface area contributed by atoms with Crippen LogP contribution in [0.15, 0.2) is 35.3 Å². The highest BCUT2D eigenvalue weighted by atomic mass is 127. The van der Waals surface area contributed by atoms with E-state index < -0.39 is 0 Å². The van der Waals surface area contributed by atoms with Gasteiger partial charge in [-0.05, 0) is 41.6 Å². The third kappa shape index (κ3) is 3.31. The molecule has 100 valence electrons. The molecule has 2 aromatic rings. The summed E-state index contributed by atoms with van der Waals surface area (Å²) in [6, 6.07) is 6.46. The van der Waals surface area contributed by atoms with Gasteiger partial charge in [0.05, 0.1) is 9.26 Å². The van der Waals surface area contributed by atoms with E-state index in [1.165, 1.54) is 6.07 Å². The van der Waals surface area contributed by atoms with Crippen molar-refractivity contribution >= 4 is 28.3 Å². The number of hydrogen-bond donors (Lipinski definition) is 1. The molecular weight excluding hydrogens is 360 g/mol. The number of halogens is 2. The Kier molecular flexibility index (Phi) is 4.52. The lowest BCUT2D eigenvalue weighted by Gasteiger charge is -2.11. The van der Waals surface area contributed by atoms with Gasteiger partial charge in [0.15, 0.2) is 0 Å². The Morgan fingerprint density at radius 1 is 1.42 bits per heavy atom. The molecule has 0 saturated heterocycles. The molecule has 0 radical (unpaired) electrons. The lowest BCUT2D eigenvalue weighted by molar-refractivity contribution is 0.621.